The van der Waals surface area contributed by atoms with Crippen LogP contribution >= 0.6 is 11.3 Å². The van der Waals surface area contributed by atoms with Crippen LogP contribution in [-0.4, -0.2) is 10.4 Å². The summed E-state index contributed by atoms with van der Waals surface area (Å²) < 4.78 is 4.26. The molecular formula is C14H15N4S+. The van der Waals surface area contributed by atoms with E-state index in [0.717, 1.165) is 12.1 Å². The summed E-state index contributed by atoms with van der Waals surface area (Å²) in [6.07, 6.45) is 6.26. The van der Waals surface area contributed by atoms with Crippen LogP contribution in [0, 0.1) is 5.41 Å². The summed E-state index contributed by atoms with van der Waals surface area (Å²) in [5, 5.41) is 10.6. The topological polar surface area (TPSA) is 58.7 Å². The molecule has 19 heavy (non-hydrogen) atoms. The summed E-state index contributed by atoms with van der Waals surface area (Å²) >= 11 is 1.64. The van der Waals surface area contributed by atoms with Crippen LogP contribution in [0.3, 0.4) is 0 Å². The van der Waals surface area contributed by atoms with Crippen LogP contribution in [0.15, 0.2) is 42.2 Å². The minimum atomic E-state index is 0.131. The maximum absolute atomic E-state index is 7.43. The number of pyridine rings is 1. The predicted octanol–water partition coefficient (Wildman–Crippen LogP) is 1.86. The average molecular weight is 271 g/mol. The third-order valence-electron chi connectivity index (χ3n) is 3.14. The number of hydrogen-bond donors (Lipinski definition) is 2. The van der Waals surface area contributed by atoms with Crippen molar-refractivity contribution in [3.05, 3.63) is 52.6 Å². The van der Waals surface area contributed by atoms with Crippen LogP contribution in [-0.2, 0) is 13.6 Å². The molecule has 0 fully saturated rings. The highest BCUT2D eigenvalue weighted by Gasteiger charge is 2.07. The zero-order valence-corrected chi connectivity index (χ0v) is 11.4. The molecule has 0 aromatic carbocycles. The number of rotatable bonds is 3. The van der Waals surface area contributed by atoms with E-state index in [1.807, 2.05) is 29.3 Å². The Balaban J connectivity index is 1.94. The Kier molecular flexibility index (Phi) is 2.83. The van der Waals surface area contributed by atoms with Gasteiger partial charge in [-0.1, -0.05) is 0 Å². The van der Waals surface area contributed by atoms with E-state index in [-0.39, 0.29) is 5.84 Å². The van der Waals surface area contributed by atoms with Gasteiger partial charge in [-0.25, -0.2) is 4.57 Å². The summed E-state index contributed by atoms with van der Waals surface area (Å²) in [5.41, 5.74) is 7.51. The van der Waals surface area contributed by atoms with E-state index in [0.29, 0.717) is 0 Å². The molecule has 0 saturated carbocycles. The van der Waals surface area contributed by atoms with Gasteiger partial charge in [-0.2, -0.15) is 0 Å². The molecule has 0 aliphatic carbocycles. The maximum atomic E-state index is 7.43. The standard InChI is InChI=1S/C14H15N4S/c1-17-4-3-13-10(7-17)2-5-18(13)8-12-6-11(9-19-12)14(15)16/h2-7,9H,8H2,1H3,(H3,15,16)/q+1. The van der Waals surface area contributed by atoms with E-state index >= 15 is 0 Å². The fourth-order valence-electron chi connectivity index (χ4n) is 2.16. The van der Waals surface area contributed by atoms with Crippen LogP contribution in [0.4, 0.5) is 0 Å². The molecule has 0 bridgehead atoms. The number of thiophene rings is 1. The molecule has 3 aromatic heterocycles. The second-order valence-electron chi connectivity index (χ2n) is 4.61. The van der Waals surface area contributed by atoms with Gasteiger partial charge < -0.3 is 10.3 Å². The largest absolute Gasteiger partial charge is 0.384 e. The lowest BCUT2D eigenvalue weighted by atomic mass is 10.3. The zero-order chi connectivity index (χ0) is 13.4. The lowest BCUT2D eigenvalue weighted by Crippen LogP contribution is -2.25. The molecule has 4 nitrogen and oxygen atoms in total. The van der Waals surface area contributed by atoms with Crippen molar-refractivity contribution in [2.75, 3.05) is 0 Å². The molecule has 0 aliphatic heterocycles. The van der Waals surface area contributed by atoms with Gasteiger partial charge >= 0.3 is 0 Å². The van der Waals surface area contributed by atoms with Crippen molar-refractivity contribution in [1.29, 1.82) is 5.41 Å². The molecule has 3 rings (SSSR count). The highest BCUT2D eigenvalue weighted by Crippen LogP contribution is 2.19. The van der Waals surface area contributed by atoms with Crippen molar-refractivity contribution in [3.8, 4) is 0 Å². The molecule has 3 N–H and O–H groups in total. The molecule has 0 amide bonds. The molecule has 5 heteroatoms. The smallest absolute Gasteiger partial charge is 0.177 e. The number of fused-ring (bicyclic) bond motifs is 1. The number of nitrogens with one attached hydrogen (secondary N) is 1. The van der Waals surface area contributed by atoms with E-state index in [4.69, 9.17) is 11.1 Å². The minimum Gasteiger partial charge on any atom is -0.384 e. The highest BCUT2D eigenvalue weighted by atomic mass is 32.1. The van der Waals surface area contributed by atoms with Crippen LogP contribution in [0.2, 0.25) is 0 Å². The van der Waals surface area contributed by atoms with Crippen molar-refractivity contribution in [3.63, 3.8) is 0 Å². The first-order chi connectivity index (χ1) is 9.13. The Labute approximate surface area is 115 Å². The van der Waals surface area contributed by atoms with E-state index in [2.05, 4.69) is 29.1 Å². The monoisotopic (exact) mass is 271 g/mol. The summed E-state index contributed by atoms with van der Waals surface area (Å²) in [7, 11) is 2.02. The van der Waals surface area contributed by atoms with Crippen molar-refractivity contribution in [2.45, 2.75) is 6.54 Å². The van der Waals surface area contributed by atoms with E-state index in [9.17, 15) is 0 Å². The number of amidine groups is 1. The normalized spacial score (nSPS) is 11.0. The maximum Gasteiger partial charge on any atom is 0.177 e. The number of nitrogens with zero attached hydrogens (tertiary/aromatic N) is 2. The third-order valence-corrected chi connectivity index (χ3v) is 4.06. The van der Waals surface area contributed by atoms with E-state index < -0.39 is 0 Å². The van der Waals surface area contributed by atoms with Gasteiger partial charge in [0, 0.05) is 28.1 Å². The van der Waals surface area contributed by atoms with E-state index in [1.54, 1.807) is 11.3 Å². The van der Waals surface area contributed by atoms with Gasteiger partial charge in [0.25, 0.3) is 0 Å². The first-order valence-electron chi connectivity index (χ1n) is 5.99. The number of hydrogen-bond acceptors (Lipinski definition) is 2. The fourth-order valence-corrected chi connectivity index (χ4v) is 3.05. The highest BCUT2D eigenvalue weighted by molar-refractivity contribution is 7.10. The first kappa shape index (κ1) is 11.9. The minimum absolute atomic E-state index is 0.131. The molecule has 0 radical (unpaired) electrons. The summed E-state index contributed by atoms with van der Waals surface area (Å²) in [6.45, 7) is 0.815. The predicted molar refractivity (Wildman–Crippen MR) is 77.6 cm³/mol. The molecule has 0 saturated heterocycles. The molecule has 3 heterocycles. The zero-order valence-electron chi connectivity index (χ0n) is 10.6. The SMILES string of the molecule is C[n+]1ccc2c(ccn2Cc2cc(C(=N)N)cs2)c1. The fraction of sp³-hybridized carbons (Fsp3) is 0.143. The Morgan fingerprint density at radius 2 is 2.32 bits per heavy atom. The van der Waals surface area contributed by atoms with Gasteiger partial charge in [-0.3, -0.25) is 5.41 Å². The first-order valence-corrected chi connectivity index (χ1v) is 6.87. The molecule has 0 unspecified atom stereocenters. The van der Waals surface area contributed by atoms with Crippen molar-refractivity contribution in [2.24, 2.45) is 12.8 Å². The number of aryl methyl sites for hydroxylation is 1. The molecule has 3 aromatic rings. The van der Waals surface area contributed by atoms with Gasteiger partial charge in [0.15, 0.2) is 12.4 Å². The Morgan fingerprint density at radius 3 is 3.05 bits per heavy atom. The third kappa shape index (κ3) is 2.24. The van der Waals surface area contributed by atoms with Crippen LogP contribution < -0.4 is 10.3 Å². The Bertz CT molecular complexity index is 754. The molecule has 0 spiro atoms. The Morgan fingerprint density at radius 1 is 1.47 bits per heavy atom. The summed E-state index contributed by atoms with van der Waals surface area (Å²) in [5.74, 6) is 0.131. The van der Waals surface area contributed by atoms with Gasteiger partial charge in [-0.05, 0) is 12.1 Å². The van der Waals surface area contributed by atoms with Gasteiger partial charge in [-0.15, -0.1) is 11.3 Å². The summed E-state index contributed by atoms with van der Waals surface area (Å²) in [4.78, 5) is 1.20. The second-order valence-corrected chi connectivity index (χ2v) is 5.61. The number of nitrogens with two attached hydrogens (primary N) is 1. The van der Waals surface area contributed by atoms with Gasteiger partial charge in [0.2, 0.25) is 0 Å². The van der Waals surface area contributed by atoms with Crippen LogP contribution in [0.25, 0.3) is 10.9 Å². The molecular weight excluding hydrogens is 256 g/mol. The Hall–Kier alpha value is -2.14. The molecule has 0 aliphatic rings. The van der Waals surface area contributed by atoms with Crippen LogP contribution in [0.1, 0.15) is 10.4 Å². The number of nitrogen functional groups attached to an aromatic ring is 1. The van der Waals surface area contributed by atoms with E-state index in [1.165, 1.54) is 15.8 Å². The lowest BCUT2D eigenvalue weighted by molar-refractivity contribution is -0.670. The molecule has 0 atom stereocenters. The quantitative estimate of drug-likeness (QED) is 0.426. The summed E-state index contributed by atoms with van der Waals surface area (Å²) in [6, 6.07) is 6.23. The van der Waals surface area contributed by atoms with Crippen molar-refractivity contribution in [1.82, 2.24) is 4.57 Å². The van der Waals surface area contributed by atoms with Gasteiger partial charge in [0.1, 0.15) is 12.9 Å². The second kappa shape index (κ2) is 4.51. The number of aromatic nitrogens is 2. The lowest BCUT2D eigenvalue weighted by Gasteiger charge is -2.02. The molecule has 96 valence electrons. The van der Waals surface area contributed by atoms with Gasteiger partial charge in [0.05, 0.1) is 17.4 Å². The van der Waals surface area contributed by atoms with Crippen LogP contribution in [0.5, 0.6) is 0 Å². The average Bonchev–Trinajstić information content (AvgIpc) is 2.97. The van der Waals surface area contributed by atoms with Crippen molar-refractivity contribution >= 4 is 28.1 Å². The van der Waals surface area contributed by atoms with Crippen molar-refractivity contribution < 1.29 is 4.57 Å².